The maximum Gasteiger partial charge on any atom is 0.300 e. The number of phenols is 1. The maximum absolute atomic E-state index is 13.4. The number of amides is 1. The number of rotatable bonds is 6. The van der Waals surface area contributed by atoms with Crippen LogP contribution in [0.2, 0.25) is 5.02 Å². The van der Waals surface area contributed by atoms with Crippen LogP contribution >= 0.6 is 11.6 Å². The number of para-hydroxylation sites is 1. The summed E-state index contributed by atoms with van der Waals surface area (Å²) in [5.41, 5.74) is 2.71. The molecule has 1 amide bonds. The number of aliphatic hydroxyl groups excluding tert-OH is 1. The Hall–Kier alpha value is -4.75. The fourth-order valence-electron chi connectivity index (χ4n) is 4.42. The van der Waals surface area contributed by atoms with Gasteiger partial charge in [0.2, 0.25) is 0 Å². The van der Waals surface area contributed by atoms with E-state index in [-0.39, 0.29) is 21.9 Å². The van der Waals surface area contributed by atoms with Crippen LogP contribution in [0.5, 0.6) is 11.5 Å². The fourth-order valence-corrected chi connectivity index (χ4v) is 4.63. The predicted octanol–water partition coefficient (Wildman–Crippen LogP) is 6.42. The molecule has 1 atom stereocenters. The summed E-state index contributed by atoms with van der Waals surface area (Å²) in [6.45, 7) is 0. The van der Waals surface area contributed by atoms with Gasteiger partial charge in [-0.05, 0) is 72.3 Å². The minimum absolute atomic E-state index is 0.0258. The first-order valence-corrected chi connectivity index (χ1v) is 12.1. The molecule has 7 nitrogen and oxygen atoms in total. The van der Waals surface area contributed by atoms with Crippen molar-refractivity contribution in [2.24, 2.45) is 0 Å². The van der Waals surface area contributed by atoms with Crippen molar-refractivity contribution in [2.45, 2.75) is 6.04 Å². The first-order valence-electron chi connectivity index (χ1n) is 11.7. The van der Waals surface area contributed by atoms with E-state index in [9.17, 15) is 19.8 Å². The Morgan fingerprint density at radius 2 is 1.55 bits per heavy atom. The minimum Gasteiger partial charge on any atom is -0.508 e. The standard InChI is InChI=1S/C30H23ClN2O5/c1-38-23-15-16-25(31)24(17-23)28(35)26-27(18-7-13-22(34)14-8-18)33(30(37)29(26)36)21-11-9-20(10-12-21)32-19-5-3-2-4-6-19/h2-17,27,32,34-35H,1H3/b28-26+. The molecule has 1 aliphatic heterocycles. The molecule has 1 aliphatic rings. The van der Waals surface area contributed by atoms with Crippen LogP contribution in [-0.2, 0) is 9.59 Å². The lowest BCUT2D eigenvalue weighted by Crippen LogP contribution is -2.29. The predicted molar refractivity (Wildman–Crippen MR) is 147 cm³/mol. The van der Waals surface area contributed by atoms with Gasteiger partial charge >= 0.3 is 0 Å². The van der Waals surface area contributed by atoms with E-state index in [1.54, 1.807) is 48.5 Å². The second-order valence-electron chi connectivity index (χ2n) is 8.64. The molecule has 1 heterocycles. The number of benzene rings is 4. The lowest BCUT2D eigenvalue weighted by Gasteiger charge is -2.26. The number of methoxy groups -OCH3 is 1. The summed E-state index contributed by atoms with van der Waals surface area (Å²) in [5, 5.41) is 24.7. The van der Waals surface area contributed by atoms with E-state index in [1.165, 1.54) is 30.2 Å². The highest BCUT2D eigenvalue weighted by molar-refractivity contribution is 6.52. The van der Waals surface area contributed by atoms with Gasteiger partial charge < -0.3 is 20.3 Å². The average molecular weight is 527 g/mol. The molecule has 0 aliphatic carbocycles. The number of aromatic hydroxyl groups is 1. The van der Waals surface area contributed by atoms with Crippen LogP contribution in [0.25, 0.3) is 5.76 Å². The Balaban J connectivity index is 1.61. The van der Waals surface area contributed by atoms with Gasteiger partial charge in [0.15, 0.2) is 0 Å². The highest BCUT2D eigenvalue weighted by Gasteiger charge is 2.47. The number of carbonyl (C=O) groups excluding carboxylic acids is 2. The highest BCUT2D eigenvalue weighted by atomic mass is 35.5. The molecule has 4 aromatic rings. The number of hydrogen-bond donors (Lipinski definition) is 3. The number of halogens is 1. The Morgan fingerprint density at radius 1 is 0.895 bits per heavy atom. The molecule has 0 bridgehead atoms. The van der Waals surface area contributed by atoms with Crippen molar-refractivity contribution in [2.75, 3.05) is 17.3 Å². The van der Waals surface area contributed by atoms with Crippen molar-refractivity contribution in [1.82, 2.24) is 0 Å². The Kier molecular flexibility index (Phi) is 6.77. The summed E-state index contributed by atoms with van der Waals surface area (Å²) in [4.78, 5) is 28.1. The molecule has 0 radical (unpaired) electrons. The lowest BCUT2D eigenvalue weighted by molar-refractivity contribution is -0.132. The van der Waals surface area contributed by atoms with E-state index in [0.717, 1.165) is 11.4 Å². The quantitative estimate of drug-likeness (QED) is 0.152. The number of nitrogens with one attached hydrogen (secondary N) is 1. The van der Waals surface area contributed by atoms with Crippen LogP contribution in [0, 0.1) is 0 Å². The van der Waals surface area contributed by atoms with Gasteiger partial charge in [0.1, 0.15) is 17.3 Å². The van der Waals surface area contributed by atoms with Crippen LogP contribution in [0.4, 0.5) is 17.1 Å². The molecule has 0 spiro atoms. The normalized spacial score (nSPS) is 16.5. The second-order valence-corrected chi connectivity index (χ2v) is 9.05. The Morgan fingerprint density at radius 3 is 2.21 bits per heavy atom. The molecule has 4 aromatic carbocycles. The zero-order chi connectivity index (χ0) is 26.8. The van der Waals surface area contributed by atoms with Crippen molar-refractivity contribution in [1.29, 1.82) is 0 Å². The SMILES string of the molecule is COc1ccc(Cl)c(/C(O)=C2\C(=O)C(=O)N(c3ccc(Nc4ccccc4)cc3)C2c2ccc(O)cc2)c1. The van der Waals surface area contributed by atoms with Crippen molar-refractivity contribution in [3.8, 4) is 11.5 Å². The Bertz CT molecular complexity index is 1530. The third-order valence-corrected chi connectivity index (χ3v) is 6.62. The van der Waals surface area contributed by atoms with Gasteiger partial charge in [-0.15, -0.1) is 0 Å². The monoisotopic (exact) mass is 526 g/mol. The van der Waals surface area contributed by atoms with E-state index < -0.39 is 23.5 Å². The van der Waals surface area contributed by atoms with E-state index >= 15 is 0 Å². The number of ether oxygens (including phenoxy) is 1. The molecule has 1 unspecified atom stereocenters. The number of hydrogen-bond acceptors (Lipinski definition) is 6. The summed E-state index contributed by atoms with van der Waals surface area (Å²) in [7, 11) is 1.47. The van der Waals surface area contributed by atoms with Gasteiger partial charge in [0.25, 0.3) is 11.7 Å². The first kappa shape index (κ1) is 24.9. The number of phenolic OH excluding ortho intramolecular Hbond substituents is 1. The molecule has 5 rings (SSSR count). The fraction of sp³-hybridized carbons (Fsp3) is 0.0667. The third kappa shape index (κ3) is 4.67. The van der Waals surface area contributed by atoms with E-state index in [2.05, 4.69) is 5.32 Å². The molecule has 0 saturated carbocycles. The van der Waals surface area contributed by atoms with Gasteiger partial charge in [-0.1, -0.05) is 41.9 Å². The van der Waals surface area contributed by atoms with Crippen LogP contribution in [0.1, 0.15) is 17.2 Å². The topological polar surface area (TPSA) is 99.1 Å². The van der Waals surface area contributed by atoms with Crippen LogP contribution in [-0.4, -0.2) is 29.0 Å². The van der Waals surface area contributed by atoms with Gasteiger partial charge in [-0.3, -0.25) is 14.5 Å². The molecule has 8 heteroatoms. The molecular formula is C30H23ClN2O5. The molecule has 190 valence electrons. The van der Waals surface area contributed by atoms with Crippen LogP contribution < -0.4 is 15.0 Å². The van der Waals surface area contributed by atoms with Gasteiger partial charge in [0.05, 0.1) is 23.7 Å². The second kappa shape index (κ2) is 10.3. The summed E-state index contributed by atoms with van der Waals surface area (Å²) >= 11 is 6.36. The number of Topliss-reactive ketones (excluding diaryl/α,β-unsaturated/α-hetero) is 1. The van der Waals surface area contributed by atoms with Crippen molar-refractivity contribution >= 4 is 46.1 Å². The van der Waals surface area contributed by atoms with Crippen LogP contribution in [0.15, 0.2) is 103 Å². The summed E-state index contributed by atoms with van der Waals surface area (Å²) < 4.78 is 5.25. The van der Waals surface area contributed by atoms with Gasteiger partial charge in [0, 0.05) is 22.6 Å². The molecular weight excluding hydrogens is 504 g/mol. The van der Waals surface area contributed by atoms with E-state index in [1.807, 2.05) is 30.3 Å². The maximum atomic E-state index is 13.4. The summed E-state index contributed by atoms with van der Waals surface area (Å²) in [5.74, 6) is -1.63. The third-order valence-electron chi connectivity index (χ3n) is 6.29. The molecule has 38 heavy (non-hydrogen) atoms. The van der Waals surface area contributed by atoms with Gasteiger partial charge in [-0.2, -0.15) is 0 Å². The zero-order valence-corrected chi connectivity index (χ0v) is 21.0. The minimum atomic E-state index is -0.967. The average Bonchev–Trinajstić information content (AvgIpc) is 3.20. The smallest absolute Gasteiger partial charge is 0.300 e. The molecule has 3 N–H and O–H groups in total. The first-order chi connectivity index (χ1) is 18.4. The zero-order valence-electron chi connectivity index (χ0n) is 20.3. The van der Waals surface area contributed by atoms with E-state index in [0.29, 0.717) is 17.0 Å². The molecule has 0 aromatic heterocycles. The van der Waals surface area contributed by atoms with Crippen molar-refractivity contribution in [3.63, 3.8) is 0 Å². The van der Waals surface area contributed by atoms with Crippen molar-refractivity contribution in [3.05, 3.63) is 119 Å². The number of aliphatic hydroxyl groups is 1. The molecule has 1 fully saturated rings. The largest absolute Gasteiger partial charge is 0.508 e. The number of ketones is 1. The Labute approximate surface area is 224 Å². The lowest BCUT2D eigenvalue weighted by atomic mass is 9.95. The summed E-state index contributed by atoms with van der Waals surface area (Å²) in [6.07, 6.45) is 0. The van der Waals surface area contributed by atoms with E-state index in [4.69, 9.17) is 16.3 Å². The van der Waals surface area contributed by atoms with Gasteiger partial charge in [-0.25, -0.2) is 0 Å². The molecule has 1 saturated heterocycles. The number of carbonyl (C=O) groups is 2. The number of anilines is 3. The summed E-state index contributed by atoms with van der Waals surface area (Å²) in [6, 6.07) is 26.5. The van der Waals surface area contributed by atoms with Crippen LogP contribution in [0.3, 0.4) is 0 Å². The van der Waals surface area contributed by atoms with Crippen molar-refractivity contribution < 1.29 is 24.5 Å². The highest BCUT2D eigenvalue weighted by Crippen LogP contribution is 2.43. The number of nitrogens with zero attached hydrogens (tertiary/aromatic N) is 1.